The van der Waals surface area contributed by atoms with E-state index in [1.54, 1.807) is 0 Å². The van der Waals surface area contributed by atoms with Crippen molar-refractivity contribution >= 4 is 5.69 Å². The molecule has 2 aromatic rings. The first-order valence-corrected chi connectivity index (χ1v) is 6.82. The molecule has 0 saturated heterocycles. The van der Waals surface area contributed by atoms with Gasteiger partial charge in [-0.15, -0.1) is 0 Å². The number of hydrogen-bond acceptors (Lipinski definition) is 2. The molecule has 2 N–H and O–H groups in total. The molecule has 0 amide bonds. The Hall–Kier alpha value is -1.80. The Balaban J connectivity index is 2.08. The van der Waals surface area contributed by atoms with E-state index in [-0.39, 0.29) is 0 Å². The Kier molecular flexibility index (Phi) is 4.99. The fourth-order valence-corrected chi connectivity index (χ4v) is 2.03. The van der Waals surface area contributed by atoms with E-state index < -0.39 is 0 Å². The molecular weight excluding hydrogens is 232 g/mol. The summed E-state index contributed by atoms with van der Waals surface area (Å²) in [5.74, 6) is 0. The lowest BCUT2D eigenvalue weighted by atomic mass is 10.0. The molecule has 0 aliphatic carbocycles. The van der Waals surface area contributed by atoms with Crippen LogP contribution in [0.2, 0.25) is 0 Å². The van der Waals surface area contributed by atoms with Crippen molar-refractivity contribution < 1.29 is 0 Å². The second-order valence-corrected chi connectivity index (χ2v) is 4.89. The number of rotatable bonds is 6. The maximum absolute atomic E-state index is 3.52. The van der Waals surface area contributed by atoms with Gasteiger partial charge in [-0.05, 0) is 37.6 Å². The van der Waals surface area contributed by atoms with E-state index >= 15 is 0 Å². The summed E-state index contributed by atoms with van der Waals surface area (Å²) >= 11 is 0. The summed E-state index contributed by atoms with van der Waals surface area (Å²) in [6, 6.07) is 19.6. The summed E-state index contributed by atoms with van der Waals surface area (Å²) in [6.45, 7) is 3.11. The van der Waals surface area contributed by atoms with Gasteiger partial charge in [0.2, 0.25) is 0 Å². The highest BCUT2D eigenvalue weighted by molar-refractivity contribution is 5.52. The largest absolute Gasteiger partial charge is 0.383 e. The van der Waals surface area contributed by atoms with E-state index in [9.17, 15) is 0 Å². The van der Waals surface area contributed by atoms with Crippen LogP contribution in [0.5, 0.6) is 0 Å². The zero-order valence-electron chi connectivity index (χ0n) is 11.7. The molecule has 0 radical (unpaired) electrons. The molecule has 2 aromatic carbocycles. The molecule has 1 unspecified atom stereocenters. The van der Waals surface area contributed by atoms with Gasteiger partial charge >= 0.3 is 0 Å². The van der Waals surface area contributed by atoms with Gasteiger partial charge in [-0.1, -0.05) is 48.5 Å². The van der Waals surface area contributed by atoms with Gasteiger partial charge in [0.25, 0.3) is 0 Å². The molecule has 0 spiro atoms. The molecule has 2 nitrogen and oxygen atoms in total. The molecule has 0 aliphatic heterocycles. The van der Waals surface area contributed by atoms with Gasteiger partial charge in [0.15, 0.2) is 0 Å². The highest BCUT2D eigenvalue weighted by atomic mass is 15.0. The van der Waals surface area contributed by atoms with Gasteiger partial charge < -0.3 is 10.6 Å². The molecule has 2 heteroatoms. The fraction of sp³-hybridized carbons (Fsp3) is 0.294. The maximum atomic E-state index is 3.52. The van der Waals surface area contributed by atoms with E-state index in [1.807, 2.05) is 7.05 Å². The quantitative estimate of drug-likeness (QED) is 0.826. The summed E-state index contributed by atoms with van der Waals surface area (Å²) in [4.78, 5) is 0. The summed E-state index contributed by atoms with van der Waals surface area (Å²) in [5, 5.41) is 6.76. The lowest BCUT2D eigenvalue weighted by Crippen LogP contribution is -2.29. The first-order chi connectivity index (χ1) is 9.29. The topological polar surface area (TPSA) is 24.1 Å². The third-order valence-corrected chi connectivity index (χ3v) is 3.35. The minimum absolute atomic E-state index is 0.463. The minimum Gasteiger partial charge on any atom is -0.383 e. The third-order valence-electron chi connectivity index (χ3n) is 3.35. The Morgan fingerprint density at radius 2 is 1.63 bits per heavy atom. The first kappa shape index (κ1) is 13.6. The molecule has 2 rings (SSSR count). The van der Waals surface area contributed by atoms with E-state index in [4.69, 9.17) is 0 Å². The normalized spacial score (nSPS) is 12.1. The SMILES string of the molecule is CNC(C)CNc1ccccc1Cc1ccccc1. The van der Waals surface area contributed by atoms with Gasteiger partial charge in [-0.25, -0.2) is 0 Å². The van der Waals surface area contributed by atoms with Crippen LogP contribution in [0.25, 0.3) is 0 Å². The molecule has 0 bridgehead atoms. The first-order valence-electron chi connectivity index (χ1n) is 6.82. The van der Waals surface area contributed by atoms with Gasteiger partial charge in [0, 0.05) is 18.3 Å². The predicted octanol–water partition coefficient (Wildman–Crippen LogP) is 3.30. The third kappa shape index (κ3) is 4.11. The van der Waals surface area contributed by atoms with E-state index in [2.05, 4.69) is 72.2 Å². The van der Waals surface area contributed by atoms with E-state index in [1.165, 1.54) is 16.8 Å². The van der Waals surface area contributed by atoms with Crippen LogP contribution >= 0.6 is 0 Å². The van der Waals surface area contributed by atoms with Crippen LogP contribution in [0.1, 0.15) is 18.1 Å². The van der Waals surface area contributed by atoms with Gasteiger partial charge in [0.1, 0.15) is 0 Å². The van der Waals surface area contributed by atoms with Crippen LogP contribution in [0.3, 0.4) is 0 Å². The van der Waals surface area contributed by atoms with Crippen LogP contribution < -0.4 is 10.6 Å². The van der Waals surface area contributed by atoms with Crippen LogP contribution in [-0.4, -0.2) is 19.6 Å². The van der Waals surface area contributed by atoms with Crippen molar-refractivity contribution in [1.29, 1.82) is 0 Å². The molecule has 0 saturated carbocycles. The summed E-state index contributed by atoms with van der Waals surface area (Å²) in [7, 11) is 1.99. The average Bonchev–Trinajstić information content (AvgIpc) is 2.47. The smallest absolute Gasteiger partial charge is 0.0376 e. The molecule has 0 heterocycles. The summed E-state index contributed by atoms with van der Waals surface area (Å²) in [5.41, 5.74) is 3.92. The monoisotopic (exact) mass is 254 g/mol. The van der Waals surface area contributed by atoms with Crippen molar-refractivity contribution in [1.82, 2.24) is 5.32 Å². The van der Waals surface area contributed by atoms with Crippen LogP contribution in [0.4, 0.5) is 5.69 Å². The molecule has 0 fully saturated rings. The predicted molar refractivity (Wildman–Crippen MR) is 82.7 cm³/mol. The van der Waals surface area contributed by atoms with Crippen LogP contribution in [-0.2, 0) is 6.42 Å². The van der Waals surface area contributed by atoms with E-state index in [0.717, 1.165) is 13.0 Å². The maximum Gasteiger partial charge on any atom is 0.0376 e. The number of benzene rings is 2. The number of nitrogens with one attached hydrogen (secondary N) is 2. The van der Waals surface area contributed by atoms with Crippen molar-refractivity contribution in [2.75, 3.05) is 18.9 Å². The number of para-hydroxylation sites is 1. The number of hydrogen-bond donors (Lipinski definition) is 2. The zero-order valence-corrected chi connectivity index (χ0v) is 11.7. The Morgan fingerprint density at radius 1 is 0.947 bits per heavy atom. The van der Waals surface area contributed by atoms with Crippen molar-refractivity contribution in [3.63, 3.8) is 0 Å². The van der Waals surface area contributed by atoms with Crippen LogP contribution in [0, 0.1) is 0 Å². The van der Waals surface area contributed by atoms with Gasteiger partial charge in [0.05, 0.1) is 0 Å². The molecule has 100 valence electrons. The zero-order chi connectivity index (χ0) is 13.5. The second-order valence-electron chi connectivity index (χ2n) is 4.89. The van der Waals surface area contributed by atoms with Crippen LogP contribution in [0.15, 0.2) is 54.6 Å². The average molecular weight is 254 g/mol. The molecule has 19 heavy (non-hydrogen) atoms. The Bertz CT molecular complexity index is 494. The Labute approximate surface area is 115 Å². The van der Waals surface area contributed by atoms with Crippen molar-refractivity contribution in [2.45, 2.75) is 19.4 Å². The second kappa shape index (κ2) is 6.95. The molecule has 0 aromatic heterocycles. The molecule has 1 atom stereocenters. The van der Waals surface area contributed by atoms with Crippen molar-refractivity contribution in [2.24, 2.45) is 0 Å². The number of anilines is 1. The lowest BCUT2D eigenvalue weighted by molar-refractivity contribution is 0.638. The van der Waals surface area contributed by atoms with Gasteiger partial charge in [-0.2, -0.15) is 0 Å². The van der Waals surface area contributed by atoms with Crippen molar-refractivity contribution in [3.05, 3.63) is 65.7 Å². The fourth-order valence-electron chi connectivity index (χ4n) is 2.03. The van der Waals surface area contributed by atoms with E-state index in [0.29, 0.717) is 6.04 Å². The highest BCUT2D eigenvalue weighted by Crippen LogP contribution is 2.18. The molecule has 0 aliphatic rings. The minimum atomic E-state index is 0.463. The summed E-state index contributed by atoms with van der Waals surface area (Å²) in [6.07, 6.45) is 0.970. The summed E-state index contributed by atoms with van der Waals surface area (Å²) < 4.78 is 0. The van der Waals surface area contributed by atoms with Crippen molar-refractivity contribution in [3.8, 4) is 0 Å². The molecular formula is C17H22N2. The number of likely N-dealkylation sites (N-methyl/N-ethyl adjacent to an activating group) is 1. The van der Waals surface area contributed by atoms with Gasteiger partial charge in [-0.3, -0.25) is 0 Å². The standard InChI is InChI=1S/C17H22N2/c1-14(18-2)13-19-17-11-7-6-10-16(17)12-15-8-4-3-5-9-15/h3-11,14,18-19H,12-13H2,1-2H3. The highest BCUT2D eigenvalue weighted by Gasteiger charge is 2.04. The Morgan fingerprint density at radius 3 is 2.37 bits per heavy atom. The lowest BCUT2D eigenvalue weighted by Gasteiger charge is -2.15.